The molecule has 0 saturated heterocycles. The van der Waals surface area contributed by atoms with Crippen molar-refractivity contribution in [2.75, 3.05) is 7.05 Å². The molecule has 2 heterocycles. The minimum Gasteiger partial charge on any atom is -0.361 e. The third-order valence-electron chi connectivity index (χ3n) is 3.32. The van der Waals surface area contributed by atoms with Gasteiger partial charge in [-0.05, 0) is 42.4 Å². The molecule has 20 heavy (non-hydrogen) atoms. The molecular weight excluding hydrogens is 338 g/mol. The Morgan fingerprint density at radius 2 is 2.25 bits per heavy atom. The number of aryl methyl sites for hydroxylation is 1. The van der Waals surface area contributed by atoms with Crippen LogP contribution in [0.4, 0.5) is 0 Å². The lowest BCUT2D eigenvalue weighted by Gasteiger charge is -2.31. The minimum atomic E-state index is 0.0959. The summed E-state index contributed by atoms with van der Waals surface area (Å²) in [7, 11) is 2.08. The molecule has 0 radical (unpaired) electrons. The van der Waals surface area contributed by atoms with E-state index in [0.717, 1.165) is 28.9 Å². The predicted molar refractivity (Wildman–Crippen MR) is 85.7 cm³/mol. The van der Waals surface area contributed by atoms with Gasteiger partial charge in [0, 0.05) is 33.4 Å². The van der Waals surface area contributed by atoms with E-state index in [-0.39, 0.29) is 12.1 Å². The van der Waals surface area contributed by atoms with Gasteiger partial charge >= 0.3 is 0 Å². The van der Waals surface area contributed by atoms with Crippen molar-refractivity contribution in [1.82, 2.24) is 10.1 Å². The zero-order chi connectivity index (χ0) is 14.7. The molecule has 0 aliphatic carbocycles. The van der Waals surface area contributed by atoms with Crippen LogP contribution in [0.1, 0.15) is 35.7 Å². The van der Waals surface area contributed by atoms with Gasteiger partial charge in [0.1, 0.15) is 5.76 Å². The molecule has 0 saturated carbocycles. The molecule has 2 aromatic heterocycles. The van der Waals surface area contributed by atoms with Crippen molar-refractivity contribution in [2.45, 2.75) is 38.9 Å². The largest absolute Gasteiger partial charge is 0.361 e. The molecule has 0 aliphatic heterocycles. The normalized spacial score (nSPS) is 14.7. The van der Waals surface area contributed by atoms with Gasteiger partial charge in [-0.3, -0.25) is 4.90 Å². The summed E-state index contributed by atoms with van der Waals surface area (Å²) in [5.74, 6) is 0.837. The van der Waals surface area contributed by atoms with E-state index >= 15 is 0 Å². The molecule has 0 bridgehead atoms. The van der Waals surface area contributed by atoms with Gasteiger partial charge in [-0.25, -0.2) is 0 Å². The number of hydrogen-bond donors (Lipinski definition) is 1. The van der Waals surface area contributed by atoms with Crippen LogP contribution in [0.15, 0.2) is 26.5 Å². The number of likely N-dealkylation sites (N-methyl/N-ethyl adjacent to an activating group) is 1. The van der Waals surface area contributed by atoms with Crippen molar-refractivity contribution in [1.29, 1.82) is 0 Å². The zero-order valence-corrected chi connectivity index (χ0v) is 14.4. The lowest BCUT2D eigenvalue weighted by molar-refractivity contribution is 0.199. The number of rotatable bonds is 6. The summed E-state index contributed by atoms with van der Waals surface area (Å²) in [6.07, 6.45) is 0.933. The third-order valence-corrected chi connectivity index (χ3v) is 5.08. The minimum absolute atomic E-state index is 0.0959. The Bertz CT molecular complexity index is 554. The number of hydrogen-bond acceptors (Lipinski definition) is 5. The van der Waals surface area contributed by atoms with Crippen molar-refractivity contribution in [3.8, 4) is 0 Å². The molecule has 110 valence electrons. The number of halogens is 1. The van der Waals surface area contributed by atoms with Gasteiger partial charge < -0.3 is 10.3 Å². The van der Waals surface area contributed by atoms with Crippen LogP contribution in [0, 0.1) is 6.92 Å². The first kappa shape index (κ1) is 15.7. The first-order chi connectivity index (χ1) is 9.51. The summed E-state index contributed by atoms with van der Waals surface area (Å²) in [5.41, 5.74) is 7.26. The van der Waals surface area contributed by atoms with Crippen LogP contribution >= 0.6 is 27.3 Å². The first-order valence-electron chi connectivity index (χ1n) is 6.63. The van der Waals surface area contributed by atoms with E-state index in [0.29, 0.717) is 0 Å². The molecule has 4 nitrogen and oxygen atoms in total. The summed E-state index contributed by atoms with van der Waals surface area (Å²) in [6.45, 7) is 4.75. The molecule has 2 unspecified atom stereocenters. The summed E-state index contributed by atoms with van der Waals surface area (Å²) >= 11 is 5.25. The first-order valence-corrected chi connectivity index (χ1v) is 8.30. The lowest BCUT2D eigenvalue weighted by atomic mass is 10.0. The van der Waals surface area contributed by atoms with Gasteiger partial charge in [0.15, 0.2) is 0 Å². The van der Waals surface area contributed by atoms with Crippen LogP contribution in [0.3, 0.4) is 0 Å². The summed E-state index contributed by atoms with van der Waals surface area (Å²) in [6, 6.07) is 4.40. The Labute approximate surface area is 132 Å². The monoisotopic (exact) mass is 357 g/mol. The summed E-state index contributed by atoms with van der Waals surface area (Å²) in [5, 5.41) is 6.15. The van der Waals surface area contributed by atoms with E-state index in [1.807, 2.05) is 13.0 Å². The third kappa shape index (κ3) is 3.69. The average Bonchev–Trinajstić information content (AvgIpc) is 2.99. The second-order valence-corrected chi connectivity index (χ2v) is 6.89. The Morgan fingerprint density at radius 3 is 2.75 bits per heavy atom. The van der Waals surface area contributed by atoms with Crippen LogP contribution in [0.2, 0.25) is 0 Å². The zero-order valence-electron chi connectivity index (χ0n) is 12.0. The maximum Gasteiger partial charge on any atom is 0.133 e. The molecule has 0 spiro atoms. The van der Waals surface area contributed by atoms with Crippen LogP contribution in [-0.4, -0.2) is 23.1 Å². The molecule has 6 heteroatoms. The van der Waals surface area contributed by atoms with Gasteiger partial charge in [0.2, 0.25) is 0 Å². The highest BCUT2D eigenvalue weighted by Crippen LogP contribution is 2.32. The Morgan fingerprint density at radius 1 is 1.50 bits per heavy atom. The van der Waals surface area contributed by atoms with E-state index in [1.165, 1.54) is 4.88 Å². The lowest BCUT2D eigenvalue weighted by Crippen LogP contribution is -2.38. The van der Waals surface area contributed by atoms with E-state index in [2.05, 4.69) is 51.4 Å². The van der Waals surface area contributed by atoms with E-state index < -0.39 is 0 Å². The van der Waals surface area contributed by atoms with Gasteiger partial charge in [-0.15, -0.1) is 11.3 Å². The van der Waals surface area contributed by atoms with Crippen molar-refractivity contribution in [3.63, 3.8) is 0 Å². The topological polar surface area (TPSA) is 55.3 Å². The SMILES string of the molecule is CCC(N)C(c1cc(Br)cs1)N(C)Cc1cc(C)on1. The number of nitrogens with zero attached hydrogens (tertiary/aromatic N) is 2. The molecular formula is C14H20BrN3OS. The van der Waals surface area contributed by atoms with Crippen molar-refractivity contribution in [2.24, 2.45) is 5.73 Å². The van der Waals surface area contributed by atoms with Crippen LogP contribution < -0.4 is 5.73 Å². The fourth-order valence-corrected chi connectivity index (χ4v) is 3.99. The number of thiophene rings is 1. The molecule has 0 amide bonds. The Hall–Kier alpha value is -0.690. The molecule has 0 fully saturated rings. The van der Waals surface area contributed by atoms with Gasteiger partial charge in [-0.1, -0.05) is 12.1 Å². The summed E-state index contributed by atoms with van der Waals surface area (Å²) in [4.78, 5) is 3.51. The highest BCUT2D eigenvalue weighted by Gasteiger charge is 2.25. The Kier molecular flexibility index (Phi) is 5.37. The molecule has 2 N–H and O–H groups in total. The van der Waals surface area contributed by atoms with Crippen molar-refractivity contribution < 1.29 is 4.52 Å². The van der Waals surface area contributed by atoms with Crippen molar-refractivity contribution >= 4 is 27.3 Å². The number of aromatic nitrogens is 1. The highest BCUT2D eigenvalue weighted by molar-refractivity contribution is 9.10. The van der Waals surface area contributed by atoms with Crippen LogP contribution in [0.25, 0.3) is 0 Å². The van der Waals surface area contributed by atoms with Crippen molar-refractivity contribution in [3.05, 3.63) is 38.3 Å². The van der Waals surface area contributed by atoms with E-state index in [9.17, 15) is 0 Å². The quantitative estimate of drug-likeness (QED) is 0.855. The average molecular weight is 358 g/mol. The predicted octanol–water partition coefficient (Wildman–Crippen LogP) is 3.72. The summed E-state index contributed by atoms with van der Waals surface area (Å²) < 4.78 is 6.24. The smallest absolute Gasteiger partial charge is 0.133 e. The van der Waals surface area contributed by atoms with Gasteiger partial charge in [0.25, 0.3) is 0 Å². The molecule has 2 aromatic rings. The highest BCUT2D eigenvalue weighted by atomic mass is 79.9. The van der Waals surface area contributed by atoms with E-state index in [1.54, 1.807) is 11.3 Å². The second-order valence-electron chi connectivity index (χ2n) is 5.03. The standard InChI is InChI=1S/C14H20BrN3OS/c1-4-12(16)14(13-6-10(15)8-20-13)18(3)7-11-5-9(2)19-17-11/h5-6,8,12,14H,4,7,16H2,1-3H3. The van der Waals surface area contributed by atoms with Crippen LogP contribution in [-0.2, 0) is 6.54 Å². The molecule has 2 rings (SSSR count). The van der Waals surface area contributed by atoms with Gasteiger partial charge in [0.05, 0.1) is 11.7 Å². The van der Waals surface area contributed by atoms with Crippen LogP contribution in [0.5, 0.6) is 0 Å². The fourth-order valence-electron chi connectivity index (χ4n) is 2.31. The Balaban J connectivity index is 2.17. The fraction of sp³-hybridized carbons (Fsp3) is 0.500. The number of nitrogens with two attached hydrogens (primary N) is 1. The maximum absolute atomic E-state index is 6.32. The molecule has 0 aromatic carbocycles. The van der Waals surface area contributed by atoms with E-state index in [4.69, 9.17) is 10.3 Å². The molecule has 0 aliphatic rings. The second kappa shape index (κ2) is 6.85. The molecule has 2 atom stereocenters. The van der Waals surface area contributed by atoms with Gasteiger partial charge in [-0.2, -0.15) is 0 Å². The maximum atomic E-state index is 6.32.